The average Bonchev–Trinajstić information content (AvgIpc) is 3.15. The first kappa shape index (κ1) is 19.7. The van der Waals surface area contributed by atoms with Crippen LogP contribution >= 0.6 is 11.3 Å². The molecule has 1 aromatic heterocycles. The molecule has 3 rings (SSSR count). The topological polar surface area (TPSA) is 71.1 Å². The van der Waals surface area contributed by atoms with Crippen LogP contribution in [0.1, 0.15) is 41.4 Å². The first-order valence-electron chi connectivity index (χ1n) is 8.82. The lowest BCUT2D eigenvalue weighted by Gasteiger charge is -2.08. The van der Waals surface area contributed by atoms with Gasteiger partial charge >= 0.3 is 0 Å². The molecule has 2 amide bonds. The first-order valence-corrected chi connectivity index (χ1v) is 9.70. The Morgan fingerprint density at radius 3 is 2.36 bits per heavy atom. The standard InChI is InChI=1S/C21H20FN3O2S/c1-13(2)14-3-5-15(6-4-14)20(27)25-24-19(26)11-18-12-28-21(23-18)16-7-9-17(22)10-8-16/h3-10,12-13H,11H2,1-2H3,(H,24,26)(H,25,27). The summed E-state index contributed by atoms with van der Waals surface area (Å²) >= 11 is 1.37. The minimum Gasteiger partial charge on any atom is -0.273 e. The van der Waals surface area contributed by atoms with Gasteiger partial charge in [-0.1, -0.05) is 26.0 Å². The van der Waals surface area contributed by atoms with Gasteiger partial charge in [0.25, 0.3) is 5.91 Å². The lowest BCUT2D eigenvalue weighted by molar-refractivity contribution is -0.121. The van der Waals surface area contributed by atoms with E-state index in [1.54, 1.807) is 29.6 Å². The Morgan fingerprint density at radius 1 is 1.04 bits per heavy atom. The largest absolute Gasteiger partial charge is 0.273 e. The predicted octanol–water partition coefficient (Wildman–Crippen LogP) is 4.08. The van der Waals surface area contributed by atoms with Gasteiger partial charge < -0.3 is 0 Å². The maximum atomic E-state index is 13.0. The van der Waals surface area contributed by atoms with Gasteiger partial charge in [-0.25, -0.2) is 9.37 Å². The normalized spacial score (nSPS) is 10.7. The number of carbonyl (C=O) groups is 2. The van der Waals surface area contributed by atoms with Gasteiger partial charge in [0.2, 0.25) is 5.91 Å². The van der Waals surface area contributed by atoms with E-state index in [2.05, 4.69) is 29.7 Å². The maximum Gasteiger partial charge on any atom is 0.269 e. The number of halogens is 1. The molecule has 0 saturated carbocycles. The number of nitrogens with one attached hydrogen (secondary N) is 2. The molecule has 144 valence electrons. The molecule has 1 heterocycles. The van der Waals surface area contributed by atoms with Crippen molar-refractivity contribution in [3.8, 4) is 10.6 Å². The molecule has 0 aliphatic carbocycles. The van der Waals surface area contributed by atoms with Gasteiger partial charge in [0.05, 0.1) is 12.1 Å². The van der Waals surface area contributed by atoms with Gasteiger partial charge in [0.1, 0.15) is 10.8 Å². The molecule has 5 nitrogen and oxygen atoms in total. The second-order valence-electron chi connectivity index (χ2n) is 6.61. The van der Waals surface area contributed by atoms with Crippen LogP contribution in [-0.2, 0) is 11.2 Å². The van der Waals surface area contributed by atoms with E-state index in [1.165, 1.54) is 23.5 Å². The fourth-order valence-corrected chi connectivity index (χ4v) is 3.37. The summed E-state index contributed by atoms with van der Waals surface area (Å²) < 4.78 is 13.0. The summed E-state index contributed by atoms with van der Waals surface area (Å²) in [6.45, 7) is 4.16. The Hall–Kier alpha value is -3.06. The zero-order valence-corrected chi connectivity index (χ0v) is 16.3. The van der Waals surface area contributed by atoms with Crippen molar-refractivity contribution in [2.75, 3.05) is 0 Å². The van der Waals surface area contributed by atoms with Crippen LogP contribution in [0, 0.1) is 5.82 Å². The van der Waals surface area contributed by atoms with Crippen molar-refractivity contribution < 1.29 is 14.0 Å². The molecule has 7 heteroatoms. The number of aromatic nitrogens is 1. The van der Waals surface area contributed by atoms with E-state index in [1.807, 2.05) is 12.1 Å². The second-order valence-corrected chi connectivity index (χ2v) is 7.46. The summed E-state index contributed by atoms with van der Waals surface area (Å²) in [7, 11) is 0. The van der Waals surface area contributed by atoms with Crippen molar-refractivity contribution >= 4 is 23.2 Å². The van der Waals surface area contributed by atoms with E-state index in [9.17, 15) is 14.0 Å². The van der Waals surface area contributed by atoms with Crippen LogP contribution in [0.2, 0.25) is 0 Å². The van der Waals surface area contributed by atoms with Crippen LogP contribution in [-0.4, -0.2) is 16.8 Å². The number of hydrogen-bond donors (Lipinski definition) is 2. The smallest absolute Gasteiger partial charge is 0.269 e. The van der Waals surface area contributed by atoms with Crippen LogP contribution in [0.4, 0.5) is 4.39 Å². The molecule has 0 aliphatic heterocycles. The van der Waals surface area contributed by atoms with Crippen molar-refractivity contribution in [2.24, 2.45) is 0 Å². The quantitative estimate of drug-likeness (QED) is 0.638. The molecule has 0 spiro atoms. The molecule has 0 atom stereocenters. The van der Waals surface area contributed by atoms with Gasteiger partial charge in [-0.05, 0) is 47.9 Å². The number of nitrogens with zero attached hydrogens (tertiary/aromatic N) is 1. The van der Waals surface area contributed by atoms with E-state index >= 15 is 0 Å². The molecule has 2 aromatic carbocycles. The predicted molar refractivity (Wildman–Crippen MR) is 107 cm³/mol. The zero-order valence-electron chi connectivity index (χ0n) is 15.5. The second kappa shape index (κ2) is 8.75. The van der Waals surface area contributed by atoms with Gasteiger partial charge in [0, 0.05) is 16.5 Å². The monoisotopic (exact) mass is 397 g/mol. The number of benzene rings is 2. The number of carbonyl (C=O) groups excluding carboxylic acids is 2. The molecular formula is C21H20FN3O2S. The average molecular weight is 397 g/mol. The highest BCUT2D eigenvalue weighted by Gasteiger charge is 2.11. The minimum atomic E-state index is -0.381. The van der Waals surface area contributed by atoms with Gasteiger partial charge in [-0.3, -0.25) is 20.4 Å². The van der Waals surface area contributed by atoms with Crippen molar-refractivity contribution in [1.82, 2.24) is 15.8 Å². The Morgan fingerprint density at radius 2 is 1.71 bits per heavy atom. The van der Waals surface area contributed by atoms with Crippen molar-refractivity contribution in [1.29, 1.82) is 0 Å². The number of hydrogen-bond acceptors (Lipinski definition) is 4. The number of hydrazine groups is 1. The van der Waals surface area contributed by atoms with E-state index in [4.69, 9.17) is 0 Å². The zero-order chi connectivity index (χ0) is 20.1. The molecule has 0 radical (unpaired) electrons. The highest BCUT2D eigenvalue weighted by molar-refractivity contribution is 7.13. The summed E-state index contributed by atoms with van der Waals surface area (Å²) in [6, 6.07) is 13.3. The van der Waals surface area contributed by atoms with E-state index in [0.29, 0.717) is 22.2 Å². The fourth-order valence-electron chi connectivity index (χ4n) is 2.54. The van der Waals surface area contributed by atoms with E-state index in [0.717, 1.165) is 11.1 Å². The highest BCUT2D eigenvalue weighted by atomic mass is 32.1. The Labute approximate surface area is 166 Å². The van der Waals surface area contributed by atoms with Crippen LogP contribution in [0.25, 0.3) is 10.6 Å². The molecule has 0 bridgehead atoms. The summed E-state index contributed by atoms with van der Waals surface area (Å²) in [4.78, 5) is 28.6. The fraction of sp³-hybridized carbons (Fsp3) is 0.190. The van der Waals surface area contributed by atoms with Crippen LogP contribution in [0.15, 0.2) is 53.9 Å². The molecule has 0 saturated heterocycles. The van der Waals surface area contributed by atoms with Gasteiger partial charge in [0.15, 0.2) is 0 Å². The number of amides is 2. The molecule has 2 N–H and O–H groups in total. The van der Waals surface area contributed by atoms with Gasteiger partial charge in [-0.15, -0.1) is 11.3 Å². The lowest BCUT2D eigenvalue weighted by Crippen LogP contribution is -2.42. The van der Waals surface area contributed by atoms with E-state index < -0.39 is 0 Å². The van der Waals surface area contributed by atoms with Crippen molar-refractivity contribution in [3.05, 3.63) is 76.5 Å². The van der Waals surface area contributed by atoms with E-state index in [-0.39, 0.29) is 24.1 Å². The lowest BCUT2D eigenvalue weighted by atomic mass is 10.0. The Kier molecular flexibility index (Phi) is 6.16. The molecule has 0 fully saturated rings. The molecule has 3 aromatic rings. The third-order valence-corrected chi connectivity index (χ3v) is 5.08. The highest BCUT2D eigenvalue weighted by Crippen LogP contribution is 2.24. The summed E-state index contributed by atoms with van der Waals surface area (Å²) in [6.07, 6.45) is 0.0320. The summed E-state index contributed by atoms with van der Waals surface area (Å²) in [5.74, 6) is -0.679. The van der Waals surface area contributed by atoms with Crippen molar-refractivity contribution in [3.63, 3.8) is 0 Å². The molecule has 0 aliphatic rings. The van der Waals surface area contributed by atoms with Crippen LogP contribution in [0.3, 0.4) is 0 Å². The Bertz CT molecular complexity index is 966. The molecule has 28 heavy (non-hydrogen) atoms. The SMILES string of the molecule is CC(C)c1ccc(C(=O)NNC(=O)Cc2csc(-c3ccc(F)cc3)n2)cc1. The number of thiazole rings is 1. The van der Waals surface area contributed by atoms with Crippen molar-refractivity contribution in [2.45, 2.75) is 26.2 Å². The third-order valence-electron chi connectivity index (χ3n) is 4.14. The molecule has 0 unspecified atom stereocenters. The maximum absolute atomic E-state index is 13.0. The summed E-state index contributed by atoms with van der Waals surface area (Å²) in [5, 5.41) is 2.47. The van der Waals surface area contributed by atoms with Crippen LogP contribution < -0.4 is 10.9 Å². The third kappa shape index (κ3) is 5.01. The Balaban J connectivity index is 1.53. The van der Waals surface area contributed by atoms with Crippen LogP contribution in [0.5, 0.6) is 0 Å². The minimum absolute atomic E-state index is 0.0320. The van der Waals surface area contributed by atoms with Gasteiger partial charge in [-0.2, -0.15) is 0 Å². The summed E-state index contributed by atoms with van der Waals surface area (Å²) in [5.41, 5.74) is 7.79. The first-order chi connectivity index (χ1) is 13.4. The number of rotatable bonds is 5. The molecular weight excluding hydrogens is 377 g/mol.